The summed E-state index contributed by atoms with van der Waals surface area (Å²) in [5, 5.41) is 0.511. The van der Waals surface area contributed by atoms with Crippen LogP contribution in [0.5, 0.6) is 11.5 Å². The topological polar surface area (TPSA) is 18.5 Å². The number of para-hydroxylation sites is 1. The summed E-state index contributed by atoms with van der Waals surface area (Å²) in [5.74, 6) is -2.80. The molecule has 1 atom stereocenters. The fourth-order valence-electron chi connectivity index (χ4n) is 3.17. The summed E-state index contributed by atoms with van der Waals surface area (Å²) in [6, 6.07) is 19.2. The van der Waals surface area contributed by atoms with Gasteiger partial charge in [-0.1, -0.05) is 48.0 Å². The van der Waals surface area contributed by atoms with Crippen molar-refractivity contribution in [2.75, 3.05) is 13.7 Å². The van der Waals surface area contributed by atoms with E-state index >= 15 is 4.39 Å². The molecule has 0 spiro atoms. The first-order valence-electron chi connectivity index (χ1n) is 9.77. The number of ether oxygens (including phenoxy) is 2. The van der Waals surface area contributed by atoms with Gasteiger partial charge in [0.2, 0.25) is 0 Å². The molecule has 0 saturated heterocycles. The van der Waals surface area contributed by atoms with E-state index in [2.05, 4.69) is 0 Å². The number of rotatable bonds is 9. The van der Waals surface area contributed by atoms with Crippen LogP contribution in [0.4, 0.5) is 13.2 Å². The first kappa shape index (κ1) is 22.9. The summed E-state index contributed by atoms with van der Waals surface area (Å²) in [6.45, 7) is 0.263. The Hall–Kier alpha value is -2.76. The van der Waals surface area contributed by atoms with Crippen molar-refractivity contribution >= 4 is 11.6 Å². The lowest BCUT2D eigenvalue weighted by Crippen LogP contribution is -2.06. The van der Waals surface area contributed by atoms with Crippen molar-refractivity contribution in [1.82, 2.24) is 0 Å². The summed E-state index contributed by atoms with van der Waals surface area (Å²) < 4.78 is 54.7. The third-order valence-corrected chi connectivity index (χ3v) is 5.03. The molecule has 0 N–H and O–H groups in total. The molecule has 0 aliphatic rings. The molecule has 1 unspecified atom stereocenters. The Morgan fingerprint density at radius 1 is 0.968 bits per heavy atom. The number of benzene rings is 3. The molecule has 2 nitrogen and oxygen atoms in total. The smallest absolute Gasteiger partial charge is 0.165 e. The molecule has 31 heavy (non-hydrogen) atoms. The second-order valence-corrected chi connectivity index (χ2v) is 7.43. The Labute approximate surface area is 184 Å². The van der Waals surface area contributed by atoms with Gasteiger partial charge in [0.1, 0.15) is 17.4 Å². The first-order valence-corrected chi connectivity index (χ1v) is 10.2. The molecule has 0 aliphatic carbocycles. The highest BCUT2D eigenvalue weighted by atomic mass is 35.5. The van der Waals surface area contributed by atoms with Crippen molar-refractivity contribution in [3.63, 3.8) is 0 Å². The maximum Gasteiger partial charge on any atom is 0.165 e. The van der Waals surface area contributed by atoms with Crippen LogP contribution in [-0.2, 0) is 11.2 Å². The minimum Gasteiger partial charge on any atom is -0.454 e. The van der Waals surface area contributed by atoms with Crippen LogP contribution in [0, 0.1) is 5.82 Å². The molecule has 6 heteroatoms. The van der Waals surface area contributed by atoms with E-state index in [4.69, 9.17) is 21.1 Å². The van der Waals surface area contributed by atoms with Crippen LogP contribution < -0.4 is 4.74 Å². The molecule has 3 rings (SSSR count). The molecule has 0 bridgehead atoms. The molecule has 0 aromatic heterocycles. The van der Waals surface area contributed by atoms with Gasteiger partial charge in [-0.2, -0.15) is 0 Å². The van der Waals surface area contributed by atoms with E-state index < -0.39 is 23.4 Å². The van der Waals surface area contributed by atoms with Crippen LogP contribution in [-0.4, -0.2) is 13.7 Å². The SMILES string of the molecule is COCCC(/C(F)=C(\F)Cc1ccc(F)c(Oc2ccccc2)c1)c1ccc(Cl)cc1. The summed E-state index contributed by atoms with van der Waals surface area (Å²) in [6.07, 6.45) is -0.0580. The molecule has 162 valence electrons. The van der Waals surface area contributed by atoms with Gasteiger partial charge >= 0.3 is 0 Å². The fourth-order valence-corrected chi connectivity index (χ4v) is 3.30. The lowest BCUT2D eigenvalue weighted by Gasteiger charge is -2.17. The minimum absolute atomic E-state index is 0.0504. The molecular weight excluding hydrogens is 425 g/mol. The van der Waals surface area contributed by atoms with Crippen molar-refractivity contribution in [2.45, 2.75) is 18.8 Å². The molecule has 3 aromatic rings. The van der Waals surface area contributed by atoms with Gasteiger partial charge in [0.05, 0.1) is 0 Å². The van der Waals surface area contributed by atoms with E-state index in [9.17, 15) is 8.78 Å². The van der Waals surface area contributed by atoms with E-state index in [0.29, 0.717) is 21.9 Å². The van der Waals surface area contributed by atoms with Gasteiger partial charge in [-0.25, -0.2) is 13.2 Å². The lowest BCUT2D eigenvalue weighted by atomic mass is 9.93. The van der Waals surface area contributed by atoms with E-state index in [1.54, 1.807) is 48.5 Å². The predicted octanol–water partition coefficient (Wildman–Crippen LogP) is 7.78. The third-order valence-electron chi connectivity index (χ3n) is 4.77. The number of hydrogen-bond donors (Lipinski definition) is 0. The summed E-state index contributed by atoms with van der Waals surface area (Å²) >= 11 is 5.91. The van der Waals surface area contributed by atoms with Gasteiger partial charge < -0.3 is 9.47 Å². The molecule has 0 heterocycles. The van der Waals surface area contributed by atoms with Crippen LogP contribution in [0.15, 0.2) is 84.5 Å². The predicted molar refractivity (Wildman–Crippen MR) is 117 cm³/mol. The molecule has 0 saturated carbocycles. The maximum absolute atomic E-state index is 15.1. The second kappa shape index (κ2) is 11.0. The number of methoxy groups -OCH3 is 1. The third kappa shape index (κ3) is 6.36. The van der Waals surface area contributed by atoms with Crippen LogP contribution in [0.3, 0.4) is 0 Å². The van der Waals surface area contributed by atoms with E-state index in [-0.39, 0.29) is 25.2 Å². The number of allylic oxidation sites excluding steroid dienone is 2. The van der Waals surface area contributed by atoms with E-state index in [1.165, 1.54) is 25.3 Å². The van der Waals surface area contributed by atoms with Crippen LogP contribution in [0.2, 0.25) is 5.02 Å². The molecule has 3 aromatic carbocycles. The Morgan fingerprint density at radius 3 is 2.35 bits per heavy atom. The summed E-state index contributed by atoms with van der Waals surface area (Å²) in [4.78, 5) is 0. The average Bonchev–Trinajstić information content (AvgIpc) is 2.78. The Morgan fingerprint density at radius 2 is 1.68 bits per heavy atom. The van der Waals surface area contributed by atoms with Gasteiger partial charge in [-0.3, -0.25) is 0 Å². The zero-order chi connectivity index (χ0) is 22.2. The van der Waals surface area contributed by atoms with Gasteiger partial charge in [0, 0.05) is 31.1 Å². The van der Waals surface area contributed by atoms with Gasteiger partial charge in [-0.05, 0) is 53.9 Å². The average molecular weight is 447 g/mol. The Balaban J connectivity index is 1.83. The number of hydrogen-bond acceptors (Lipinski definition) is 2. The minimum atomic E-state index is -0.923. The molecule has 0 amide bonds. The summed E-state index contributed by atoms with van der Waals surface area (Å²) in [7, 11) is 1.50. The standard InChI is InChI=1S/C25H22ClF3O2/c1-30-14-13-21(18-8-10-19(26)11-9-18)25(29)23(28)15-17-7-12-22(27)24(16-17)31-20-5-3-2-4-6-20/h2-12,16,21H,13-15H2,1H3/b25-23+. The van der Waals surface area contributed by atoms with E-state index in [0.717, 1.165) is 0 Å². The fraction of sp³-hybridized carbons (Fsp3) is 0.200. The van der Waals surface area contributed by atoms with E-state index in [1.807, 2.05) is 6.07 Å². The summed E-state index contributed by atoms with van der Waals surface area (Å²) in [5.41, 5.74) is 0.989. The van der Waals surface area contributed by atoms with Crippen LogP contribution in [0.1, 0.15) is 23.5 Å². The molecular formula is C25H22ClF3O2. The van der Waals surface area contributed by atoms with Crippen molar-refractivity contribution < 1.29 is 22.6 Å². The maximum atomic E-state index is 15.1. The molecule has 0 fully saturated rings. The number of halogens is 4. The molecule has 0 aliphatic heterocycles. The highest BCUT2D eigenvalue weighted by Gasteiger charge is 2.22. The zero-order valence-corrected chi connectivity index (χ0v) is 17.7. The zero-order valence-electron chi connectivity index (χ0n) is 17.0. The first-order chi connectivity index (χ1) is 15.0. The Kier molecular flexibility index (Phi) is 8.15. The quantitative estimate of drug-likeness (QED) is 0.334. The van der Waals surface area contributed by atoms with Crippen LogP contribution >= 0.6 is 11.6 Å². The van der Waals surface area contributed by atoms with Gasteiger partial charge in [-0.15, -0.1) is 0 Å². The van der Waals surface area contributed by atoms with Crippen molar-refractivity contribution in [3.05, 3.63) is 106 Å². The monoisotopic (exact) mass is 446 g/mol. The highest BCUT2D eigenvalue weighted by Crippen LogP contribution is 2.34. The van der Waals surface area contributed by atoms with Crippen molar-refractivity contribution in [2.24, 2.45) is 0 Å². The highest BCUT2D eigenvalue weighted by molar-refractivity contribution is 6.30. The molecule has 0 radical (unpaired) electrons. The second-order valence-electron chi connectivity index (χ2n) is 7.00. The largest absolute Gasteiger partial charge is 0.454 e. The van der Waals surface area contributed by atoms with Gasteiger partial charge in [0.25, 0.3) is 0 Å². The lowest BCUT2D eigenvalue weighted by molar-refractivity contribution is 0.187. The normalized spacial score (nSPS) is 12.9. The van der Waals surface area contributed by atoms with Gasteiger partial charge in [0.15, 0.2) is 11.6 Å². The Bertz CT molecular complexity index is 1020. The van der Waals surface area contributed by atoms with Crippen molar-refractivity contribution in [3.8, 4) is 11.5 Å². The van der Waals surface area contributed by atoms with Crippen molar-refractivity contribution in [1.29, 1.82) is 0 Å². The van der Waals surface area contributed by atoms with Crippen LogP contribution in [0.25, 0.3) is 0 Å².